The van der Waals surface area contributed by atoms with E-state index in [1.54, 1.807) is 0 Å². The van der Waals surface area contributed by atoms with Gasteiger partial charge < -0.3 is 4.40 Å². The Kier molecular flexibility index (Phi) is 2.86. The molecule has 1 atom stereocenters. The van der Waals surface area contributed by atoms with Gasteiger partial charge in [0.15, 0.2) is 0 Å². The van der Waals surface area contributed by atoms with Gasteiger partial charge in [-0.15, -0.1) is 0 Å². The van der Waals surface area contributed by atoms with Gasteiger partial charge in [-0.25, -0.2) is 4.98 Å². The summed E-state index contributed by atoms with van der Waals surface area (Å²) >= 11 is 0. The van der Waals surface area contributed by atoms with Crippen LogP contribution in [0.4, 0.5) is 0 Å². The van der Waals surface area contributed by atoms with Crippen molar-refractivity contribution in [3.63, 3.8) is 0 Å². The molecular formula is C15H21N3. The van der Waals surface area contributed by atoms with Crippen molar-refractivity contribution < 1.29 is 0 Å². The molecule has 1 fully saturated rings. The predicted molar refractivity (Wildman–Crippen MR) is 73.7 cm³/mol. The Hall–Kier alpha value is -1.35. The molecule has 3 nitrogen and oxygen atoms in total. The van der Waals surface area contributed by atoms with Crippen molar-refractivity contribution in [3.8, 4) is 0 Å². The number of rotatable bonds is 2. The average Bonchev–Trinajstić information content (AvgIpc) is 2.93. The van der Waals surface area contributed by atoms with Gasteiger partial charge in [-0.1, -0.05) is 6.07 Å². The summed E-state index contributed by atoms with van der Waals surface area (Å²) in [5, 5.41) is 0. The van der Waals surface area contributed by atoms with Gasteiger partial charge in [0.2, 0.25) is 0 Å². The fraction of sp³-hybridized carbons (Fsp3) is 0.533. The second-order valence-electron chi connectivity index (χ2n) is 5.63. The highest BCUT2D eigenvalue weighted by Gasteiger charge is 2.29. The molecule has 2 aromatic heterocycles. The third-order valence-electron chi connectivity index (χ3n) is 3.92. The molecule has 96 valence electrons. The van der Waals surface area contributed by atoms with E-state index >= 15 is 0 Å². The number of nitrogens with zero attached hydrogens (tertiary/aromatic N) is 3. The maximum atomic E-state index is 4.79. The minimum absolute atomic E-state index is 0.505. The summed E-state index contributed by atoms with van der Waals surface area (Å²) in [6.45, 7) is 7.88. The van der Waals surface area contributed by atoms with E-state index in [1.165, 1.54) is 30.6 Å². The van der Waals surface area contributed by atoms with Gasteiger partial charge >= 0.3 is 0 Å². The summed E-state index contributed by atoms with van der Waals surface area (Å²) in [6.07, 6.45) is 6.88. The minimum atomic E-state index is 0.505. The van der Waals surface area contributed by atoms with Gasteiger partial charge in [0, 0.05) is 18.4 Å². The molecule has 1 saturated heterocycles. The Bertz CT molecular complexity index is 556. The number of fused-ring (bicyclic) bond motifs is 1. The first-order chi connectivity index (χ1) is 8.65. The van der Waals surface area contributed by atoms with Crippen LogP contribution in [0.1, 0.15) is 44.0 Å². The van der Waals surface area contributed by atoms with Crippen molar-refractivity contribution in [1.29, 1.82) is 0 Å². The molecule has 0 amide bonds. The predicted octanol–water partition coefficient (Wildman–Crippen LogP) is 3.19. The molecule has 3 heterocycles. The van der Waals surface area contributed by atoms with Gasteiger partial charge in [-0.3, -0.25) is 4.90 Å². The fourth-order valence-electron chi connectivity index (χ4n) is 3.01. The van der Waals surface area contributed by atoms with E-state index in [1.807, 2.05) is 0 Å². The van der Waals surface area contributed by atoms with Crippen LogP contribution >= 0.6 is 0 Å². The summed E-state index contributed by atoms with van der Waals surface area (Å²) in [4.78, 5) is 7.35. The lowest BCUT2D eigenvalue weighted by atomic mass is 10.1. The third-order valence-corrected chi connectivity index (χ3v) is 3.92. The Morgan fingerprint density at radius 2 is 2.11 bits per heavy atom. The number of aryl methyl sites for hydroxylation is 1. The molecule has 0 spiro atoms. The van der Waals surface area contributed by atoms with Crippen molar-refractivity contribution in [2.45, 2.75) is 45.7 Å². The highest BCUT2D eigenvalue weighted by Crippen LogP contribution is 2.32. The summed E-state index contributed by atoms with van der Waals surface area (Å²) in [5.74, 6) is 0. The molecule has 0 aliphatic carbocycles. The molecule has 1 aliphatic heterocycles. The Morgan fingerprint density at radius 3 is 2.89 bits per heavy atom. The largest absolute Gasteiger partial charge is 0.306 e. The van der Waals surface area contributed by atoms with Crippen LogP contribution in [0.3, 0.4) is 0 Å². The van der Waals surface area contributed by atoms with E-state index in [0.717, 1.165) is 5.65 Å². The van der Waals surface area contributed by atoms with Gasteiger partial charge in [-0.05, 0) is 51.8 Å². The zero-order valence-electron chi connectivity index (χ0n) is 11.4. The molecule has 1 aliphatic rings. The summed E-state index contributed by atoms with van der Waals surface area (Å²) in [7, 11) is 0. The van der Waals surface area contributed by atoms with E-state index in [4.69, 9.17) is 4.98 Å². The van der Waals surface area contributed by atoms with E-state index in [0.29, 0.717) is 12.1 Å². The second kappa shape index (κ2) is 4.39. The van der Waals surface area contributed by atoms with Gasteiger partial charge in [-0.2, -0.15) is 0 Å². The molecule has 0 radical (unpaired) electrons. The smallest absolute Gasteiger partial charge is 0.137 e. The molecule has 0 aromatic carbocycles. The monoisotopic (exact) mass is 243 g/mol. The number of pyridine rings is 1. The third kappa shape index (κ3) is 1.93. The minimum Gasteiger partial charge on any atom is -0.306 e. The molecule has 18 heavy (non-hydrogen) atoms. The van der Waals surface area contributed by atoms with Crippen LogP contribution in [0.2, 0.25) is 0 Å². The highest BCUT2D eigenvalue weighted by atomic mass is 15.2. The van der Waals surface area contributed by atoms with Crippen LogP contribution in [0.15, 0.2) is 24.5 Å². The fourth-order valence-corrected chi connectivity index (χ4v) is 3.01. The van der Waals surface area contributed by atoms with Crippen molar-refractivity contribution in [2.75, 3.05) is 6.54 Å². The van der Waals surface area contributed by atoms with E-state index < -0.39 is 0 Å². The number of hydrogen-bond donors (Lipinski definition) is 0. The lowest BCUT2D eigenvalue weighted by molar-refractivity contribution is 0.202. The van der Waals surface area contributed by atoms with Gasteiger partial charge in [0.25, 0.3) is 0 Å². The maximum absolute atomic E-state index is 4.79. The average molecular weight is 243 g/mol. The SMILES string of the molecule is Cc1ccc2nc(C3CCCN3C(C)C)cn2c1. The Morgan fingerprint density at radius 1 is 1.28 bits per heavy atom. The van der Waals surface area contributed by atoms with Gasteiger partial charge in [0.1, 0.15) is 5.65 Å². The summed E-state index contributed by atoms with van der Waals surface area (Å²) < 4.78 is 2.15. The number of hydrogen-bond acceptors (Lipinski definition) is 2. The molecule has 3 heteroatoms. The first-order valence-corrected chi connectivity index (χ1v) is 6.86. The number of imidazole rings is 1. The highest BCUT2D eigenvalue weighted by molar-refractivity contribution is 5.41. The van der Waals surface area contributed by atoms with E-state index in [9.17, 15) is 0 Å². The molecule has 0 saturated carbocycles. The lowest BCUT2D eigenvalue weighted by Crippen LogP contribution is -2.30. The molecule has 0 bridgehead atoms. The van der Waals surface area contributed by atoms with Crippen molar-refractivity contribution in [3.05, 3.63) is 35.8 Å². The topological polar surface area (TPSA) is 20.5 Å². The van der Waals surface area contributed by atoms with Crippen molar-refractivity contribution in [1.82, 2.24) is 14.3 Å². The van der Waals surface area contributed by atoms with Crippen molar-refractivity contribution >= 4 is 5.65 Å². The number of aromatic nitrogens is 2. The first-order valence-electron chi connectivity index (χ1n) is 6.86. The Labute approximate surface area is 108 Å². The quantitative estimate of drug-likeness (QED) is 0.807. The van der Waals surface area contributed by atoms with Crippen LogP contribution in [0, 0.1) is 6.92 Å². The standard InChI is InChI=1S/C15H21N3/c1-11(2)18-8-4-5-14(18)13-10-17-9-12(3)6-7-15(17)16-13/h6-7,9-11,14H,4-5,8H2,1-3H3. The van der Waals surface area contributed by atoms with Crippen LogP contribution in [0.25, 0.3) is 5.65 Å². The Balaban J connectivity index is 1.98. The second-order valence-corrected chi connectivity index (χ2v) is 5.63. The summed E-state index contributed by atoms with van der Waals surface area (Å²) in [6, 6.07) is 5.34. The van der Waals surface area contributed by atoms with Gasteiger partial charge in [0.05, 0.1) is 11.7 Å². The normalized spacial score (nSPS) is 21.2. The number of likely N-dealkylation sites (tertiary alicyclic amines) is 1. The molecule has 2 aromatic rings. The molecule has 1 unspecified atom stereocenters. The van der Waals surface area contributed by atoms with E-state index in [-0.39, 0.29) is 0 Å². The van der Waals surface area contributed by atoms with Crippen molar-refractivity contribution in [2.24, 2.45) is 0 Å². The lowest BCUT2D eigenvalue weighted by Gasteiger charge is -2.26. The van der Waals surface area contributed by atoms with E-state index in [2.05, 4.69) is 54.6 Å². The molecule has 0 N–H and O–H groups in total. The van der Waals surface area contributed by atoms with Crippen LogP contribution in [-0.4, -0.2) is 26.9 Å². The van der Waals surface area contributed by atoms with Crippen LogP contribution in [-0.2, 0) is 0 Å². The van der Waals surface area contributed by atoms with Crippen LogP contribution < -0.4 is 0 Å². The molecular weight excluding hydrogens is 222 g/mol. The maximum Gasteiger partial charge on any atom is 0.137 e. The van der Waals surface area contributed by atoms with Crippen LogP contribution in [0.5, 0.6) is 0 Å². The summed E-state index contributed by atoms with van der Waals surface area (Å²) in [5.41, 5.74) is 3.57. The first kappa shape index (κ1) is 11.7. The zero-order chi connectivity index (χ0) is 12.7. The zero-order valence-corrected chi connectivity index (χ0v) is 11.4. The molecule has 3 rings (SSSR count).